The number of hydrogen-bond acceptors (Lipinski definition) is 1. The fourth-order valence-corrected chi connectivity index (χ4v) is 1.01. The van der Waals surface area contributed by atoms with Gasteiger partial charge in [-0.2, -0.15) is 0 Å². The molecule has 0 aromatic heterocycles. The van der Waals surface area contributed by atoms with Gasteiger partial charge in [0.15, 0.2) is 11.6 Å². The Labute approximate surface area is 76.8 Å². The lowest BCUT2D eigenvalue weighted by molar-refractivity contribution is 0.508. The van der Waals surface area contributed by atoms with Crippen molar-refractivity contribution < 1.29 is 8.78 Å². The van der Waals surface area contributed by atoms with Crippen molar-refractivity contribution >= 4 is 5.69 Å². The standard InChI is InChI=1S/C10H13F2N/c1-10(2,3)13-7-4-5-8(11)9(12)6-7/h4-6,13H,1-3H3. The molecule has 72 valence electrons. The lowest BCUT2D eigenvalue weighted by Crippen LogP contribution is -2.26. The van der Waals surface area contributed by atoms with Crippen LogP contribution in [0.5, 0.6) is 0 Å². The minimum atomic E-state index is -0.825. The van der Waals surface area contributed by atoms with Crippen LogP contribution in [0.25, 0.3) is 0 Å². The summed E-state index contributed by atoms with van der Waals surface area (Å²) in [6.07, 6.45) is 0. The van der Waals surface area contributed by atoms with E-state index < -0.39 is 11.6 Å². The van der Waals surface area contributed by atoms with Crippen LogP contribution in [0.15, 0.2) is 18.2 Å². The molecular weight excluding hydrogens is 172 g/mol. The predicted octanol–water partition coefficient (Wildman–Crippen LogP) is 3.18. The van der Waals surface area contributed by atoms with Crippen molar-refractivity contribution in [3.8, 4) is 0 Å². The molecule has 0 unspecified atom stereocenters. The van der Waals surface area contributed by atoms with Crippen LogP contribution < -0.4 is 5.32 Å². The van der Waals surface area contributed by atoms with E-state index in [4.69, 9.17) is 0 Å². The summed E-state index contributed by atoms with van der Waals surface area (Å²) < 4.78 is 25.3. The molecule has 1 aromatic rings. The molecule has 0 radical (unpaired) electrons. The summed E-state index contributed by atoms with van der Waals surface area (Å²) in [5.41, 5.74) is 0.441. The van der Waals surface area contributed by atoms with Gasteiger partial charge in [0, 0.05) is 17.3 Å². The second-order valence-corrected chi connectivity index (χ2v) is 4.00. The van der Waals surface area contributed by atoms with Crippen LogP contribution in [0.2, 0.25) is 0 Å². The summed E-state index contributed by atoms with van der Waals surface area (Å²) >= 11 is 0. The molecule has 1 nitrogen and oxygen atoms in total. The number of halogens is 2. The number of nitrogens with one attached hydrogen (secondary N) is 1. The van der Waals surface area contributed by atoms with E-state index in [-0.39, 0.29) is 5.54 Å². The van der Waals surface area contributed by atoms with Gasteiger partial charge in [-0.15, -0.1) is 0 Å². The molecule has 0 bridgehead atoms. The van der Waals surface area contributed by atoms with Crippen molar-refractivity contribution in [2.75, 3.05) is 5.32 Å². The molecular formula is C10H13F2N. The third-order valence-electron chi connectivity index (χ3n) is 1.44. The Morgan fingerprint density at radius 3 is 2.15 bits per heavy atom. The smallest absolute Gasteiger partial charge is 0.160 e. The first-order chi connectivity index (χ1) is 5.88. The molecule has 0 fully saturated rings. The number of rotatable bonds is 1. The Balaban J connectivity index is 2.86. The van der Waals surface area contributed by atoms with Gasteiger partial charge in [-0.3, -0.25) is 0 Å². The number of anilines is 1. The molecule has 1 rings (SSSR count). The molecule has 0 saturated carbocycles. The van der Waals surface area contributed by atoms with Crippen molar-refractivity contribution in [3.63, 3.8) is 0 Å². The molecule has 0 aliphatic heterocycles. The maximum atomic E-state index is 12.7. The quantitative estimate of drug-likeness (QED) is 0.708. The van der Waals surface area contributed by atoms with Gasteiger partial charge in [-0.1, -0.05) is 0 Å². The molecule has 13 heavy (non-hydrogen) atoms. The van der Waals surface area contributed by atoms with Gasteiger partial charge >= 0.3 is 0 Å². The van der Waals surface area contributed by atoms with E-state index in [0.717, 1.165) is 12.1 Å². The van der Waals surface area contributed by atoms with E-state index in [1.165, 1.54) is 6.07 Å². The van der Waals surface area contributed by atoms with Gasteiger partial charge < -0.3 is 5.32 Å². The molecule has 0 aliphatic carbocycles. The topological polar surface area (TPSA) is 12.0 Å². The second-order valence-electron chi connectivity index (χ2n) is 4.00. The molecule has 1 N–H and O–H groups in total. The van der Waals surface area contributed by atoms with Crippen molar-refractivity contribution in [1.82, 2.24) is 0 Å². The summed E-state index contributed by atoms with van der Waals surface area (Å²) in [6, 6.07) is 3.79. The summed E-state index contributed by atoms with van der Waals surface area (Å²) in [5.74, 6) is -1.64. The highest BCUT2D eigenvalue weighted by Gasteiger charge is 2.10. The average Bonchev–Trinajstić information content (AvgIpc) is 1.94. The number of benzene rings is 1. The third kappa shape index (κ3) is 3.01. The zero-order valence-corrected chi connectivity index (χ0v) is 7.99. The highest BCUT2D eigenvalue weighted by atomic mass is 19.2. The molecule has 3 heteroatoms. The summed E-state index contributed by atoms with van der Waals surface area (Å²) in [5, 5.41) is 3.04. The Bertz CT molecular complexity index is 302. The minimum Gasteiger partial charge on any atom is -0.380 e. The maximum Gasteiger partial charge on any atom is 0.160 e. The lowest BCUT2D eigenvalue weighted by atomic mass is 10.1. The van der Waals surface area contributed by atoms with E-state index >= 15 is 0 Å². The van der Waals surface area contributed by atoms with Crippen LogP contribution >= 0.6 is 0 Å². The van der Waals surface area contributed by atoms with Gasteiger partial charge in [0.05, 0.1) is 0 Å². The van der Waals surface area contributed by atoms with Gasteiger partial charge in [0.2, 0.25) is 0 Å². The van der Waals surface area contributed by atoms with E-state index in [0.29, 0.717) is 5.69 Å². The molecule has 1 aromatic carbocycles. The van der Waals surface area contributed by atoms with Crippen molar-refractivity contribution in [1.29, 1.82) is 0 Å². The van der Waals surface area contributed by atoms with Gasteiger partial charge in [-0.25, -0.2) is 8.78 Å². The maximum absolute atomic E-state index is 12.7. The highest BCUT2D eigenvalue weighted by Crippen LogP contribution is 2.17. The van der Waals surface area contributed by atoms with Crippen LogP contribution in [-0.2, 0) is 0 Å². The van der Waals surface area contributed by atoms with Gasteiger partial charge in [0.25, 0.3) is 0 Å². The first-order valence-corrected chi connectivity index (χ1v) is 4.12. The van der Waals surface area contributed by atoms with Crippen molar-refractivity contribution in [3.05, 3.63) is 29.8 Å². The molecule has 0 heterocycles. The summed E-state index contributed by atoms with van der Waals surface area (Å²) in [6.45, 7) is 5.86. The zero-order chi connectivity index (χ0) is 10.1. The van der Waals surface area contributed by atoms with E-state index in [9.17, 15) is 8.78 Å². The fourth-order valence-electron chi connectivity index (χ4n) is 1.01. The average molecular weight is 185 g/mol. The van der Waals surface area contributed by atoms with E-state index in [2.05, 4.69) is 5.32 Å². The first-order valence-electron chi connectivity index (χ1n) is 4.12. The van der Waals surface area contributed by atoms with Gasteiger partial charge in [0.1, 0.15) is 0 Å². The molecule has 0 spiro atoms. The zero-order valence-electron chi connectivity index (χ0n) is 7.99. The highest BCUT2D eigenvalue weighted by molar-refractivity contribution is 5.45. The SMILES string of the molecule is CC(C)(C)Nc1ccc(F)c(F)c1. The first kappa shape index (κ1) is 9.96. The third-order valence-corrected chi connectivity index (χ3v) is 1.44. The van der Waals surface area contributed by atoms with E-state index in [1.54, 1.807) is 0 Å². The van der Waals surface area contributed by atoms with Crippen LogP contribution in [0, 0.1) is 11.6 Å². The largest absolute Gasteiger partial charge is 0.380 e. The summed E-state index contributed by atoms with van der Waals surface area (Å²) in [4.78, 5) is 0. The number of hydrogen-bond donors (Lipinski definition) is 1. The van der Waals surface area contributed by atoms with Crippen LogP contribution in [0.4, 0.5) is 14.5 Å². The Morgan fingerprint density at radius 2 is 1.69 bits per heavy atom. The van der Waals surface area contributed by atoms with Crippen LogP contribution in [0.1, 0.15) is 20.8 Å². The fraction of sp³-hybridized carbons (Fsp3) is 0.400. The Kier molecular flexibility index (Phi) is 2.55. The van der Waals surface area contributed by atoms with Crippen LogP contribution in [0.3, 0.4) is 0 Å². The second kappa shape index (κ2) is 3.32. The monoisotopic (exact) mass is 185 g/mol. The normalized spacial score (nSPS) is 11.5. The minimum absolute atomic E-state index is 0.149. The molecule has 0 aliphatic rings. The molecule has 0 saturated heterocycles. The Morgan fingerprint density at radius 1 is 1.08 bits per heavy atom. The van der Waals surface area contributed by atoms with Gasteiger partial charge in [-0.05, 0) is 32.9 Å². The van der Waals surface area contributed by atoms with Crippen LogP contribution in [-0.4, -0.2) is 5.54 Å². The summed E-state index contributed by atoms with van der Waals surface area (Å²) in [7, 11) is 0. The van der Waals surface area contributed by atoms with E-state index in [1.807, 2.05) is 20.8 Å². The molecule has 0 atom stereocenters. The van der Waals surface area contributed by atoms with Crippen molar-refractivity contribution in [2.45, 2.75) is 26.3 Å². The molecule has 0 amide bonds. The van der Waals surface area contributed by atoms with Crippen molar-refractivity contribution in [2.24, 2.45) is 0 Å². The predicted molar refractivity (Wildman–Crippen MR) is 49.7 cm³/mol. The lowest BCUT2D eigenvalue weighted by Gasteiger charge is -2.22. The Hall–Kier alpha value is -1.12.